The third kappa shape index (κ3) is 2.79. The number of rotatable bonds is 4. The van der Waals surface area contributed by atoms with Gasteiger partial charge in [0.1, 0.15) is 17.1 Å². The number of carbonyl (C=O) groups excluding carboxylic acids is 1. The van der Waals surface area contributed by atoms with E-state index < -0.39 is 5.91 Å². The lowest BCUT2D eigenvalue weighted by Gasteiger charge is -2.14. The molecule has 0 aliphatic heterocycles. The van der Waals surface area contributed by atoms with Crippen LogP contribution in [0.15, 0.2) is 18.2 Å². The zero-order valence-corrected chi connectivity index (χ0v) is 9.66. The second-order valence-electron chi connectivity index (χ2n) is 3.40. The number of benzene rings is 1. The molecule has 0 bridgehead atoms. The van der Waals surface area contributed by atoms with Gasteiger partial charge in [-0.1, -0.05) is 13.0 Å². The second-order valence-corrected chi connectivity index (χ2v) is 3.71. The molecule has 16 heavy (non-hydrogen) atoms. The van der Waals surface area contributed by atoms with Gasteiger partial charge in [0.25, 0.3) is 5.91 Å². The topological polar surface area (TPSA) is 69.6 Å². The molecule has 0 fully saturated rings. The third-order valence-electron chi connectivity index (χ3n) is 2.26. The molecule has 1 aromatic rings. The smallest absolute Gasteiger partial charge is 0.259 e. The lowest BCUT2D eigenvalue weighted by atomic mass is 10.1. The molecule has 88 valence electrons. The fraction of sp³-hybridized carbons (Fsp3) is 0.364. The van der Waals surface area contributed by atoms with E-state index in [1.54, 1.807) is 0 Å². The number of aromatic hydroxyl groups is 2. The van der Waals surface area contributed by atoms with Crippen molar-refractivity contribution in [1.29, 1.82) is 0 Å². The van der Waals surface area contributed by atoms with E-state index in [1.165, 1.54) is 18.2 Å². The maximum atomic E-state index is 11.7. The Labute approximate surface area is 98.9 Å². The molecule has 0 heterocycles. The van der Waals surface area contributed by atoms with Gasteiger partial charge in [0.15, 0.2) is 0 Å². The lowest BCUT2D eigenvalue weighted by molar-refractivity contribution is 0.0934. The Hall–Kier alpha value is -1.42. The normalized spacial score (nSPS) is 12.1. The maximum Gasteiger partial charge on any atom is 0.259 e. The summed E-state index contributed by atoms with van der Waals surface area (Å²) in [7, 11) is 0. The van der Waals surface area contributed by atoms with Gasteiger partial charge in [-0.15, -0.1) is 11.6 Å². The van der Waals surface area contributed by atoms with Crippen LogP contribution in [0.5, 0.6) is 11.5 Å². The molecular formula is C11H14ClNO3. The van der Waals surface area contributed by atoms with Crippen molar-refractivity contribution < 1.29 is 15.0 Å². The number of phenolic OH excluding ortho intramolecular Hbond substituents is 2. The van der Waals surface area contributed by atoms with E-state index in [0.717, 1.165) is 0 Å². The highest BCUT2D eigenvalue weighted by molar-refractivity contribution is 6.18. The van der Waals surface area contributed by atoms with Crippen molar-refractivity contribution in [3.63, 3.8) is 0 Å². The summed E-state index contributed by atoms with van der Waals surface area (Å²) in [6.07, 6.45) is 0.684. The molecule has 1 rings (SSSR count). The van der Waals surface area contributed by atoms with Gasteiger partial charge in [0.05, 0.1) is 0 Å². The minimum absolute atomic E-state index is 0.119. The summed E-state index contributed by atoms with van der Waals surface area (Å²) in [5, 5.41) is 21.6. The van der Waals surface area contributed by atoms with Crippen molar-refractivity contribution in [2.45, 2.75) is 19.4 Å². The first-order chi connectivity index (χ1) is 7.60. The highest BCUT2D eigenvalue weighted by Crippen LogP contribution is 2.26. The molecule has 4 nitrogen and oxygen atoms in total. The van der Waals surface area contributed by atoms with Crippen LogP contribution in [0.3, 0.4) is 0 Å². The van der Waals surface area contributed by atoms with Gasteiger partial charge in [-0.2, -0.15) is 0 Å². The highest BCUT2D eigenvalue weighted by Gasteiger charge is 2.18. The zero-order chi connectivity index (χ0) is 12.1. The quantitative estimate of drug-likeness (QED) is 0.707. The summed E-state index contributed by atoms with van der Waals surface area (Å²) in [5.41, 5.74) is -0.119. The molecule has 1 unspecified atom stereocenters. The molecule has 3 N–H and O–H groups in total. The van der Waals surface area contributed by atoms with Crippen molar-refractivity contribution >= 4 is 17.5 Å². The van der Waals surface area contributed by atoms with Gasteiger partial charge >= 0.3 is 0 Å². The summed E-state index contributed by atoms with van der Waals surface area (Å²) >= 11 is 5.64. The molecule has 1 aromatic carbocycles. The second kappa shape index (κ2) is 5.61. The Morgan fingerprint density at radius 2 is 2.00 bits per heavy atom. The van der Waals surface area contributed by atoms with Crippen LogP contribution < -0.4 is 5.32 Å². The Bertz CT molecular complexity index is 357. The average Bonchev–Trinajstić information content (AvgIpc) is 2.25. The van der Waals surface area contributed by atoms with E-state index >= 15 is 0 Å². The number of alkyl halides is 1. The van der Waals surface area contributed by atoms with Gasteiger partial charge in [-0.3, -0.25) is 4.79 Å². The SMILES string of the molecule is CCC(CCl)NC(=O)c1c(O)cccc1O. The van der Waals surface area contributed by atoms with Crippen LogP contribution in [-0.2, 0) is 0 Å². The Balaban J connectivity index is 2.88. The molecule has 0 aliphatic carbocycles. The first-order valence-electron chi connectivity index (χ1n) is 4.97. The van der Waals surface area contributed by atoms with E-state index in [2.05, 4.69) is 5.32 Å². The largest absolute Gasteiger partial charge is 0.507 e. The van der Waals surface area contributed by atoms with E-state index in [1.807, 2.05) is 6.92 Å². The lowest BCUT2D eigenvalue weighted by Crippen LogP contribution is -2.35. The van der Waals surface area contributed by atoms with Crippen molar-refractivity contribution in [3.8, 4) is 11.5 Å². The van der Waals surface area contributed by atoms with Gasteiger partial charge in [0, 0.05) is 11.9 Å². The molecule has 5 heteroatoms. The number of amides is 1. The standard InChI is InChI=1S/C11H14ClNO3/c1-2-7(6-12)13-11(16)10-8(14)4-3-5-9(10)15/h3-5,7,14-15H,2,6H2,1H3,(H,13,16). The van der Waals surface area contributed by atoms with Crippen LogP contribution in [0, 0.1) is 0 Å². The van der Waals surface area contributed by atoms with Crippen molar-refractivity contribution in [2.75, 3.05) is 5.88 Å². The predicted molar refractivity (Wildman–Crippen MR) is 62.0 cm³/mol. The van der Waals surface area contributed by atoms with Crippen molar-refractivity contribution in [2.24, 2.45) is 0 Å². The molecule has 0 aromatic heterocycles. The van der Waals surface area contributed by atoms with Crippen LogP contribution in [0.2, 0.25) is 0 Å². The molecular weight excluding hydrogens is 230 g/mol. The molecule has 0 spiro atoms. The fourth-order valence-corrected chi connectivity index (χ4v) is 1.56. The first kappa shape index (κ1) is 12.6. The van der Waals surface area contributed by atoms with Gasteiger partial charge < -0.3 is 15.5 Å². The zero-order valence-electron chi connectivity index (χ0n) is 8.90. The summed E-state index contributed by atoms with van der Waals surface area (Å²) in [4.78, 5) is 11.7. The monoisotopic (exact) mass is 243 g/mol. The van der Waals surface area contributed by atoms with Crippen LogP contribution in [-0.4, -0.2) is 28.0 Å². The summed E-state index contributed by atoms with van der Waals surface area (Å²) < 4.78 is 0. The summed E-state index contributed by atoms with van der Waals surface area (Å²) in [6, 6.07) is 3.97. The summed E-state index contributed by atoms with van der Waals surface area (Å²) in [5.74, 6) is -0.733. The van der Waals surface area contributed by atoms with E-state index in [4.69, 9.17) is 11.6 Å². The predicted octanol–water partition coefficient (Wildman–Crippen LogP) is 1.85. The summed E-state index contributed by atoms with van der Waals surface area (Å²) in [6.45, 7) is 1.89. The minimum atomic E-state index is -0.525. The van der Waals surface area contributed by atoms with Crippen molar-refractivity contribution in [3.05, 3.63) is 23.8 Å². The Morgan fingerprint density at radius 3 is 2.44 bits per heavy atom. The van der Waals surface area contributed by atoms with Gasteiger partial charge in [-0.05, 0) is 18.6 Å². The molecule has 0 aliphatic rings. The highest BCUT2D eigenvalue weighted by atomic mass is 35.5. The minimum Gasteiger partial charge on any atom is -0.507 e. The Kier molecular flexibility index (Phi) is 4.43. The number of nitrogens with one attached hydrogen (secondary N) is 1. The van der Waals surface area contributed by atoms with Gasteiger partial charge in [0.2, 0.25) is 0 Å². The van der Waals surface area contributed by atoms with Crippen molar-refractivity contribution in [1.82, 2.24) is 5.32 Å². The molecule has 0 saturated carbocycles. The average molecular weight is 244 g/mol. The van der Waals surface area contributed by atoms with Crippen LogP contribution in [0.1, 0.15) is 23.7 Å². The van der Waals surface area contributed by atoms with Crippen LogP contribution in [0.25, 0.3) is 0 Å². The Morgan fingerprint density at radius 1 is 1.44 bits per heavy atom. The maximum absolute atomic E-state index is 11.7. The number of phenols is 2. The fourth-order valence-electron chi connectivity index (χ4n) is 1.27. The van der Waals surface area contributed by atoms with Gasteiger partial charge in [-0.25, -0.2) is 0 Å². The molecule has 1 amide bonds. The van der Waals surface area contributed by atoms with E-state index in [-0.39, 0.29) is 29.0 Å². The van der Waals surface area contributed by atoms with Crippen LogP contribution >= 0.6 is 11.6 Å². The first-order valence-corrected chi connectivity index (χ1v) is 5.51. The number of halogens is 1. The number of hydrogen-bond donors (Lipinski definition) is 3. The van der Waals surface area contributed by atoms with Crippen LogP contribution in [0.4, 0.5) is 0 Å². The van der Waals surface area contributed by atoms with E-state index in [0.29, 0.717) is 6.42 Å². The molecule has 1 atom stereocenters. The third-order valence-corrected chi connectivity index (χ3v) is 2.63. The van der Waals surface area contributed by atoms with E-state index in [9.17, 15) is 15.0 Å². The molecule has 0 radical (unpaired) electrons. The number of hydrogen-bond acceptors (Lipinski definition) is 3. The molecule has 0 saturated heterocycles. The number of carbonyl (C=O) groups is 1.